The van der Waals surface area contributed by atoms with Crippen molar-refractivity contribution in [2.24, 2.45) is 5.41 Å². The summed E-state index contributed by atoms with van der Waals surface area (Å²) in [5, 5.41) is 4.58. The van der Waals surface area contributed by atoms with Crippen LogP contribution in [0.15, 0.2) is 34.9 Å². The van der Waals surface area contributed by atoms with Gasteiger partial charge in [-0.15, -0.1) is 0 Å². The van der Waals surface area contributed by atoms with Gasteiger partial charge in [-0.1, -0.05) is 18.2 Å². The van der Waals surface area contributed by atoms with Gasteiger partial charge in [0.2, 0.25) is 0 Å². The topological polar surface area (TPSA) is 25.2 Å². The number of furan rings is 1. The van der Waals surface area contributed by atoms with Crippen LogP contribution in [0.3, 0.4) is 0 Å². The SMILES string of the molecule is CNCC1(Cc2coc3ccccc23)CC1. The fourth-order valence-electron chi connectivity index (χ4n) is 2.54. The first-order valence-corrected chi connectivity index (χ1v) is 5.93. The second kappa shape index (κ2) is 3.63. The van der Waals surface area contributed by atoms with Crippen LogP contribution < -0.4 is 5.32 Å². The van der Waals surface area contributed by atoms with E-state index in [0.717, 1.165) is 18.5 Å². The molecule has 0 unspecified atom stereocenters. The lowest BCUT2D eigenvalue weighted by molar-refractivity contribution is 0.475. The molecule has 0 atom stereocenters. The van der Waals surface area contributed by atoms with Crippen LogP contribution in [0.1, 0.15) is 18.4 Å². The van der Waals surface area contributed by atoms with E-state index in [1.807, 2.05) is 25.4 Å². The summed E-state index contributed by atoms with van der Waals surface area (Å²) in [7, 11) is 2.04. The van der Waals surface area contributed by atoms with E-state index in [1.54, 1.807) is 0 Å². The molecule has 1 aromatic heterocycles. The maximum atomic E-state index is 5.58. The highest BCUT2D eigenvalue weighted by atomic mass is 16.3. The smallest absolute Gasteiger partial charge is 0.134 e. The molecule has 1 fully saturated rings. The molecule has 0 aliphatic heterocycles. The lowest BCUT2D eigenvalue weighted by atomic mass is 9.96. The van der Waals surface area contributed by atoms with E-state index < -0.39 is 0 Å². The average Bonchev–Trinajstić information content (AvgIpc) is 2.93. The standard InChI is InChI=1S/C14H17NO/c1-15-10-14(6-7-14)8-11-9-16-13-5-3-2-4-12(11)13/h2-5,9,15H,6-8,10H2,1H3. The molecule has 1 heterocycles. The normalized spacial score (nSPS) is 17.8. The Kier molecular flexibility index (Phi) is 2.25. The van der Waals surface area contributed by atoms with Crippen molar-refractivity contribution in [2.75, 3.05) is 13.6 Å². The molecule has 2 nitrogen and oxygen atoms in total. The fourth-order valence-corrected chi connectivity index (χ4v) is 2.54. The number of benzene rings is 1. The van der Waals surface area contributed by atoms with Crippen LogP contribution in [0.4, 0.5) is 0 Å². The molecular formula is C14H17NO. The first-order valence-electron chi connectivity index (χ1n) is 5.93. The van der Waals surface area contributed by atoms with Gasteiger partial charge in [0.1, 0.15) is 5.58 Å². The van der Waals surface area contributed by atoms with Crippen LogP contribution in [0, 0.1) is 5.41 Å². The Hall–Kier alpha value is -1.28. The van der Waals surface area contributed by atoms with Crippen molar-refractivity contribution < 1.29 is 4.42 Å². The van der Waals surface area contributed by atoms with Crippen molar-refractivity contribution in [1.82, 2.24) is 5.32 Å². The zero-order valence-corrected chi connectivity index (χ0v) is 9.62. The van der Waals surface area contributed by atoms with Crippen molar-refractivity contribution in [1.29, 1.82) is 0 Å². The van der Waals surface area contributed by atoms with Crippen LogP contribution in [0.2, 0.25) is 0 Å². The number of hydrogen-bond acceptors (Lipinski definition) is 2. The summed E-state index contributed by atoms with van der Waals surface area (Å²) in [6.45, 7) is 1.12. The summed E-state index contributed by atoms with van der Waals surface area (Å²) < 4.78 is 5.58. The van der Waals surface area contributed by atoms with Crippen LogP contribution in [-0.2, 0) is 6.42 Å². The Morgan fingerprint density at radius 1 is 1.31 bits per heavy atom. The average molecular weight is 215 g/mol. The maximum absolute atomic E-state index is 5.58. The van der Waals surface area contributed by atoms with Crippen LogP contribution in [0.25, 0.3) is 11.0 Å². The largest absolute Gasteiger partial charge is 0.464 e. The van der Waals surface area contributed by atoms with Crippen molar-refractivity contribution in [2.45, 2.75) is 19.3 Å². The van der Waals surface area contributed by atoms with Crippen LogP contribution in [0.5, 0.6) is 0 Å². The third kappa shape index (κ3) is 1.63. The molecule has 16 heavy (non-hydrogen) atoms. The summed E-state index contributed by atoms with van der Waals surface area (Å²) in [6.07, 6.45) is 5.76. The van der Waals surface area contributed by atoms with Gasteiger partial charge in [0.25, 0.3) is 0 Å². The quantitative estimate of drug-likeness (QED) is 0.848. The molecule has 1 aliphatic rings. The Morgan fingerprint density at radius 2 is 2.12 bits per heavy atom. The van der Waals surface area contributed by atoms with Crippen LogP contribution in [-0.4, -0.2) is 13.6 Å². The molecule has 2 aromatic rings. The Balaban J connectivity index is 1.89. The second-order valence-electron chi connectivity index (χ2n) is 4.96. The first-order chi connectivity index (χ1) is 7.83. The van der Waals surface area contributed by atoms with Gasteiger partial charge in [-0.05, 0) is 43.4 Å². The number of rotatable bonds is 4. The molecule has 84 valence electrons. The number of hydrogen-bond donors (Lipinski definition) is 1. The van der Waals surface area contributed by atoms with Gasteiger partial charge in [0.15, 0.2) is 0 Å². The Morgan fingerprint density at radius 3 is 2.88 bits per heavy atom. The van der Waals surface area contributed by atoms with Gasteiger partial charge in [0.05, 0.1) is 6.26 Å². The van der Waals surface area contributed by atoms with Gasteiger partial charge in [-0.2, -0.15) is 0 Å². The summed E-state index contributed by atoms with van der Waals surface area (Å²) in [4.78, 5) is 0. The molecule has 0 saturated heterocycles. The maximum Gasteiger partial charge on any atom is 0.134 e. The highest BCUT2D eigenvalue weighted by Gasteiger charge is 2.42. The van der Waals surface area contributed by atoms with E-state index in [1.165, 1.54) is 23.8 Å². The molecule has 3 rings (SSSR count). The molecule has 0 bridgehead atoms. The molecule has 1 saturated carbocycles. The van der Waals surface area contributed by atoms with E-state index in [4.69, 9.17) is 4.42 Å². The van der Waals surface area contributed by atoms with Crippen molar-refractivity contribution in [3.05, 3.63) is 36.1 Å². The molecular weight excluding hydrogens is 198 g/mol. The van der Waals surface area contributed by atoms with Gasteiger partial charge >= 0.3 is 0 Å². The second-order valence-corrected chi connectivity index (χ2v) is 4.96. The molecule has 0 radical (unpaired) electrons. The summed E-state index contributed by atoms with van der Waals surface area (Å²) in [5.41, 5.74) is 2.88. The molecule has 0 spiro atoms. The summed E-state index contributed by atoms with van der Waals surface area (Å²) in [6, 6.07) is 8.30. The molecule has 1 aliphatic carbocycles. The Bertz CT molecular complexity index is 496. The van der Waals surface area contributed by atoms with Crippen molar-refractivity contribution in [3.8, 4) is 0 Å². The van der Waals surface area contributed by atoms with Gasteiger partial charge < -0.3 is 9.73 Å². The lowest BCUT2D eigenvalue weighted by Crippen LogP contribution is -2.21. The molecule has 1 aromatic carbocycles. The fraction of sp³-hybridized carbons (Fsp3) is 0.429. The summed E-state index contributed by atoms with van der Waals surface area (Å²) in [5.74, 6) is 0. The van der Waals surface area contributed by atoms with E-state index in [-0.39, 0.29) is 0 Å². The van der Waals surface area contributed by atoms with E-state index in [0.29, 0.717) is 5.41 Å². The predicted molar refractivity (Wildman–Crippen MR) is 65.5 cm³/mol. The van der Waals surface area contributed by atoms with E-state index in [9.17, 15) is 0 Å². The molecule has 0 amide bonds. The highest BCUT2D eigenvalue weighted by Crippen LogP contribution is 2.48. The van der Waals surface area contributed by atoms with Crippen molar-refractivity contribution in [3.63, 3.8) is 0 Å². The minimum atomic E-state index is 0.501. The first kappa shape index (κ1) is 9.91. The van der Waals surface area contributed by atoms with Gasteiger partial charge in [0, 0.05) is 11.9 Å². The van der Waals surface area contributed by atoms with Crippen LogP contribution >= 0.6 is 0 Å². The van der Waals surface area contributed by atoms with Gasteiger partial charge in [-0.25, -0.2) is 0 Å². The van der Waals surface area contributed by atoms with Crippen molar-refractivity contribution >= 4 is 11.0 Å². The minimum absolute atomic E-state index is 0.501. The Labute approximate surface area is 95.6 Å². The predicted octanol–water partition coefficient (Wildman–Crippen LogP) is 2.97. The zero-order chi connectivity index (χ0) is 11.0. The summed E-state index contributed by atoms with van der Waals surface area (Å²) >= 11 is 0. The highest BCUT2D eigenvalue weighted by molar-refractivity contribution is 5.80. The molecule has 2 heteroatoms. The third-order valence-corrected chi connectivity index (χ3v) is 3.64. The minimum Gasteiger partial charge on any atom is -0.464 e. The lowest BCUT2D eigenvalue weighted by Gasteiger charge is -2.12. The molecule has 1 N–H and O–H groups in total. The van der Waals surface area contributed by atoms with Gasteiger partial charge in [-0.3, -0.25) is 0 Å². The zero-order valence-electron chi connectivity index (χ0n) is 9.62. The number of nitrogens with one attached hydrogen (secondary N) is 1. The third-order valence-electron chi connectivity index (χ3n) is 3.64. The van der Waals surface area contributed by atoms with E-state index >= 15 is 0 Å². The van der Waals surface area contributed by atoms with E-state index in [2.05, 4.69) is 17.4 Å². The number of fused-ring (bicyclic) bond motifs is 1. The number of para-hydroxylation sites is 1. The monoisotopic (exact) mass is 215 g/mol.